The van der Waals surface area contributed by atoms with Crippen molar-refractivity contribution >= 4 is 5.97 Å². The van der Waals surface area contributed by atoms with Crippen LogP contribution < -0.4 is 0 Å². The fourth-order valence-corrected chi connectivity index (χ4v) is 2.68. The summed E-state index contributed by atoms with van der Waals surface area (Å²) in [7, 11) is 0. The molecule has 0 aromatic heterocycles. The summed E-state index contributed by atoms with van der Waals surface area (Å²) in [5, 5.41) is 9.86. The van der Waals surface area contributed by atoms with Crippen LogP contribution in [0.5, 0.6) is 0 Å². The van der Waals surface area contributed by atoms with Gasteiger partial charge in [0.2, 0.25) is 0 Å². The second kappa shape index (κ2) is 17.0. The quantitative estimate of drug-likeness (QED) is 0.215. The molecule has 1 N–H and O–H groups in total. The van der Waals surface area contributed by atoms with Gasteiger partial charge < -0.3 is 9.84 Å². The van der Waals surface area contributed by atoms with E-state index in [1.165, 1.54) is 38.5 Å². The number of rotatable bonds is 16. The lowest BCUT2D eigenvalue weighted by molar-refractivity contribution is -0.147. The molecule has 0 amide bonds. The zero-order valence-electron chi connectivity index (χ0n) is 16.3. The number of esters is 1. The van der Waals surface area contributed by atoms with Crippen LogP contribution in [0.1, 0.15) is 104 Å². The van der Waals surface area contributed by atoms with Gasteiger partial charge >= 0.3 is 5.97 Å². The Morgan fingerprint density at radius 3 is 2.33 bits per heavy atom. The predicted octanol–water partition coefficient (Wildman–Crippen LogP) is 5.95. The van der Waals surface area contributed by atoms with E-state index < -0.39 is 0 Å². The van der Waals surface area contributed by atoms with Crippen LogP contribution in [0, 0.1) is 0 Å². The van der Waals surface area contributed by atoms with E-state index in [2.05, 4.69) is 19.1 Å². The third-order valence-corrected chi connectivity index (χ3v) is 4.08. The van der Waals surface area contributed by atoms with Crippen LogP contribution in [0.3, 0.4) is 0 Å². The van der Waals surface area contributed by atoms with E-state index in [1.807, 2.05) is 13.8 Å². The van der Waals surface area contributed by atoms with Gasteiger partial charge in [-0.1, -0.05) is 64.0 Å². The Morgan fingerprint density at radius 2 is 1.62 bits per heavy atom. The Kier molecular flexibility index (Phi) is 16.4. The van der Waals surface area contributed by atoms with Gasteiger partial charge in [0.25, 0.3) is 0 Å². The highest BCUT2D eigenvalue weighted by molar-refractivity contribution is 5.69. The van der Waals surface area contributed by atoms with Gasteiger partial charge in [0.05, 0.1) is 12.2 Å². The van der Waals surface area contributed by atoms with E-state index in [9.17, 15) is 9.90 Å². The van der Waals surface area contributed by atoms with Crippen molar-refractivity contribution in [2.45, 2.75) is 116 Å². The largest absolute Gasteiger partial charge is 0.463 e. The van der Waals surface area contributed by atoms with E-state index in [0.717, 1.165) is 38.5 Å². The molecule has 0 radical (unpaired) electrons. The first-order valence-corrected chi connectivity index (χ1v) is 10.1. The first-order chi connectivity index (χ1) is 11.6. The molecule has 1 atom stereocenters. The molecule has 1 unspecified atom stereocenters. The lowest BCUT2D eigenvalue weighted by Crippen LogP contribution is -2.10. The number of carbonyl (C=O) groups is 1. The van der Waals surface area contributed by atoms with Crippen LogP contribution >= 0.6 is 0 Å². The summed E-state index contributed by atoms with van der Waals surface area (Å²) in [5.74, 6) is -0.0683. The maximum atomic E-state index is 11.4. The highest BCUT2D eigenvalue weighted by atomic mass is 16.5. The molecular weight excluding hydrogens is 300 g/mol. The van der Waals surface area contributed by atoms with E-state index in [1.54, 1.807) is 0 Å². The Balaban J connectivity index is 3.33. The summed E-state index contributed by atoms with van der Waals surface area (Å²) in [6.07, 6.45) is 18.1. The zero-order chi connectivity index (χ0) is 18.0. The third kappa shape index (κ3) is 17.5. The zero-order valence-corrected chi connectivity index (χ0v) is 16.3. The molecule has 3 heteroatoms. The molecule has 0 heterocycles. The summed E-state index contributed by atoms with van der Waals surface area (Å²) in [6, 6.07) is 0. The monoisotopic (exact) mass is 340 g/mol. The smallest absolute Gasteiger partial charge is 0.306 e. The summed E-state index contributed by atoms with van der Waals surface area (Å²) in [6.45, 7) is 5.98. The molecular formula is C21H40O3. The summed E-state index contributed by atoms with van der Waals surface area (Å²) >= 11 is 0. The van der Waals surface area contributed by atoms with Crippen LogP contribution in [-0.2, 0) is 9.53 Å². The number of ether oxygens (including phenoxy) is 1. The SMILES string of the molecule is CCCCCCC(O)CC=CCCCCCCCC(=O)OC(C)C. The van der Waals surface area contributed by atoms with Gasteiger partial charge in [-0.25, -0.2) is 0 Å². The Bertz CT molecular complexity index is 310. The number of hydrogen-bond acceptors (Lipinski definition) is 3. The topological polar surface area (TPSA) is 46.5 Å². The van der Waals surface area contributed by atoms with Gasteiger partial charge in [0, 0.05) is 6.42 Å². The average Bonchev–Trinajstić information content (AvgIpc) is 2.52. The molecule has 142 valence electrons. The molecule has 0 aromatic carbocycles. The van der Waals surface area contributed by atoms with E-state index in [-0.39, 0.29) is 18.2 Å². The Hall–Kier alpha value is -0.830. The minimum Gasteiger partial charge on any atom is -0.463 e. The average molecular weight is 341 g/mol. The van der Waals surface area contributed by atoms with Crippen molar-refractivity contribution in [2.24, 2.45) is 0 Å². The van der Waals surface area contributed by atoms with Gasteiger partial charge in [-0.05, 0) is 46.0 Å². The summed E-state index contributed by atoms with van der Waals surface area (Å²) in [5.41, 5.74) is 0. The molecule has 0 saturated carbocycles. The molecule has 3 nitrogen and oxygen atoms in total. The number of aliphatic hydroxyl groups is 1. The molecule has 0 aliphatic carbocycles. The first-order valence-electron chi connectivity index (χ1n) is 10.1. The van der Waals surface area contributed by atoms with Crippen molar-refractivity contribution in [1.82, 2.24) is 0 Å². The molecule has 0 aliphatic rings. The summed E-state index contributed by atoms with van der Waals surface area (Å²) < 4.78 is 5.11. The van der Waals surface area contributed by atoms with E-state index in [4.69, 9.17) is 4.74 Å². The maximum absolute atomic E-state index is 11.4. The highest BCUT2D eigenvalue weighted by Crippen LogP contribution is 2.11. The molecule has 0 aromatic rings. The van der Waals surface area contributed by atoms with Crippen molar-refractivity contribution in [1.29, 1.82) is 0 Å². The van der Waals surface area contributed by atoms with Crippen LogP contribution in [0.15, 0.2) is 12.2 Å². The highest BCUT2D eigenvalue weighted by Gasteiger charge is 2.04. The van der Waals surface area contributed by atoms with Gasteiger partial charge in [-0.2, -0.15) is 0 Å². The van der Waals surface area contributed by atoms with Gasteiger partial charge in [0.15, 0.2) is 0 Å². The van der Waals surface area contributed by atoms with Gasteiger partial charge in [-0.3, -0.25) is 4.79 Å². The first kappa shape index (κ1) is 23.2. The molecule has 0 aliphatic heterocycles. The molecule has 0 saturated heterocycles. The standard InChI is InChI=1S/C21H40O3/c1-4-5-6-13-16-20(22)17-14-11-9-7-8-10-12-15-18-21(23)24-19(2)3/h11,14,19-20,22H,4-10,12-13,15-18H2,1-3H3. The van der Waals surface area contributed by atoms with Crippen LogP contribution in [0.4, 0.5) is 0 Å². The number of aliphatic hydroxyl groups excluding tert-OH is 1. The van der Waals surface area contributed by atoms with Crippen LogP contribution in [0.25, 0.3) is 0 Å². The lowest BCUT2D eigenvalue weighted by Gasteiger charge is -2.07. The normalized spacial score (nSPS) is 12.9. The molecule has 0 spiro atoms. The van der Waals surface area contributed by atoms with Crippen molar-refractivity contribution < 1.29 is 14.6 Å². The number of carbonyl (C=O) groups excluding carboxylic acids is 1. The van der Waals surface area contributed by atoms with Crippen molar-refractivity contribution in [3.05, 3.63) is 12.2 Å². The molecule has 0 rings (SSSR count). The maximum Gasteiger partial charge on any atom is 0.306 e. The van der Waals surface area contributed by atoms with Crippen LogP contribution in [0.2, 0.25) is 0 Å². The fraction of sp³-hybridized carbons (Fsp3) is 0.857. The second-order valence-electron chi connectivity index (χ2n) is 7.06. The molecule has 24 heavy (non-hydrogen) atoms. The Labute approximate surface area is 149 Å². The van der Waals surface area contributed by atoms with E-state index in [0.29, 0.717) is 6.42 Å². The molecule has 0 bridgehead atoms. The number of hydrogen-bond donors (Lipinski definition) is 1. The lowest BCUT2D eigenvalue weighted by atomic mass is 10.1. The predicted molar refractivity (Wildman–Crippen MR) is 102 cm³/mol. The molecule has 0 fully saturated rings. The van der Waals surface area contributed by atoms with Crippen molar-refractivity contribution in [3.8, 4) is 0 Å². The number of allylic oxidation sites excluding steroid dienone is 1. The minimum atomic E-state index is -0.163. The van der Waals surface area contributed by atoms with Crippen molar-refractivity contribution in [3.63, 3.8) is 0 Å². The number of unbranched alkanes of at least 4 members (excludes halogenated alkanes) is 8. The Morgan fingerprint density at radius 1 is 0.958 bits per heavy atom. The van der Waals surface area contributed by atoms with Gasteiger partial charge in [0.1, 0.15) is 0 Å². The second-order valence-corrected chi connectivity index (χ2v) is 7.06. The van der Waals surface area contributed by atoms with Crippen molar-refractivity contribution in [2.75, 3.05) is 0 Å². The van der Waals surface area contributed by atoms with Gasteiger partial charge in [-0.15, -0.1) is 0 Å². The third-order valence-electron chi connectivity index (χ3n) is 4.08. The minimum absolute atomic E-state index is 0.000791. The van der Waals surface area contributed by atoms with Crippen LogP contribution in [-0.4, -0.2) is 23.3 Å². The van der Waals surface area contributed by atoms with E-state index >= 15 is 0 Å². The fourth-order valence-electron chi connectivity index (χ4n) is 2.68. The summed E-state index contributed by atoms with van der Waals surface area (Å²) in [4.78, 5) is 11.4.